The fourth-order valence-electron chi connectivity index (χ4n) is 8.50. The van der Waals surface area contributed by atoms with E-state index in [9.17, 15) is 0 Å². The van der Waals surface area contributed by atoms with Crippen molar-refractivity contribution in [3.05, 3.63) is 193 Å². The molecular weight excluding hydrogens is 640 g/mol. The van der Waals surface area contributed by atoms with Gasteiger partial charge in [0.2, 0.25) is 0 Å². The largest absolute Gasteiger partial charge is 0.309 e. The molecule has 10 rings (SSSR count). The van der Waals surface area contributed by atoms with Crippen molar-refractivity contribution in [3.63, 3.8) is 0 Å². The molecule has 6 aromatic carbocycles. The normalized spacial score (nSPS) is 19.5. The molecule has 0 N–H and O–H groups in total. The number of rotatable bonds is 5. The molecule has 242 valence electrons. The molecule has 1 aromatic heterocycles. The van der Waals surface area contributed by atoms with Crippen molar-refractivity contribution in [2.45, 2.75) is 6.92 Å². The second kappa shape index (κ2) is 11.3. The molecule has 0 saturated carbocycles. The van der Waals surface area contributed by atoms with Crippen LogP contribution in [0.15, 0.2) is 187 Å². The molecule has 3 nitrogen and oxygen atoms in total. The predicted octanol–water partition coefficient (Wildman–Crippen LogP) is 10.2. The highest BCUT2D eigenvalue weighted by molar-refractivity contribution is 7.85. The van der Waals surface area contributed by atoms with Crippen molar-refractivity contribution in [1.82, 2.24) is 9.97 Å². The maximum absolute atomic E-state index is 16.3. The molecule has 0 radical (unpaired) electrons. The number of fused-ring (bicyclic) bond motifs is 3. The van der Waals surface area contributed by atoms with Crippen LogP contribution in [0.4, 0.5) is 0 Å². The lowest BCUT2D eigenvalue weighted by Gasteiger charge is -2.42. The van der Waals surface area contributed by atoms with E-state index in [-0.39, 0.29) is 11.3 Å². The Morgan fingerprint density at radius 1 is 0.647 bits per heavy atom. The summed E-state index contributed by atoms with van der Waals surface area (Å²) in [6.07, 6.45) is 20.2. The number of nitrogens with zero attached hydrogens (tertiary/aromatic N) is 2. The van der Waals surface area contributed by atoms with E-state index in [1.165, 1.54) is 11.1 Å². The van der Waals surface area contributed by atoms with Crippen LogP contribution in [0.1, 0.15) is 12.5 Å². The number of allylic oxidation sites excluding steroid dienone is 12. The van der Waals surface area contributed by atoms with E-state index >= 15 is 4.57 Å². The predicted molar refractivity (Wildman–Crippen MR) is 214 cm³/mol. The van der Waals surface area contributed by atoms with Crippen molar-refractivity contribution in [2.75, 3.05) is 0 Å². The third-order valence-corrected chi connectivity index (χ3v) is 14.2. The molecule has 7 aromatic rings. The van der Waals surface area contributed by atoms with Crippen molar-refractivity contribution >= 4 is 61.2 Å². The molecule has 3 aliphatic rings. The third-order valence-electron chi connectivity index (χ3n) is 11.1. The average Bonchev–Trinajstić information content (AvgIpc) is 3.20. The quantitative estimate of drug-likeness (QED) is 0.135. The standard InChI is InChI=1S/C47H33N2OP/c1-47-28-14-13-17-32(47)29-38(35-22-11-12-23-40(35)47)39-30-43(51(50,33-18-7-3-8-19-33)34-20-9-4-10-21-34)37-25-27-42-45-41(26-24-36(39)44(37)45)48-46(49-42)31-15-5-2-6-16-31/h2-30,40H,1H3. The summed E-state index contributed by atoms with van der Waals surface area (Å²) in [6.45, 7) is 2.33. The average molecular weight is 673 g/mol. The van der Waals surface area contributed by atoms with E-state index in [1.807, 2.05) is 78.9 Å². The number of aromatic nitrogens is 2. The highest BCUT2D eigenvalue weighted by atomic mass is 31.2. The molecule has 0 amide bonds. The van der Waals surface area contributed by atoms with Gasteiger partial charge < -0.3 is 4.57 Å². The topological polar surface area (TPSA) is 42.9 Å². The Hall–Kier alpha value is -5.89. The van der Waals surface area contributed by atoms with Gasteiger partial charge in [0.1, 0.15) is 0 Å². The number of hydrogen-bond acceptors (Lipinski definition) is 3. The smallest absolute Gasteiger partial charge is 0.171 e. The Morgan fingerprint density at radius 2 is 1.27 bits per heavy atom. The van der Waals surface area contributed by atoms with Crippen LogP contribution < -0.4 is 15.9 Å². The summed E-state index contributed by atoms with van der Waals surface area (Å²) in [5, 5.41) is 6.57. The van der Waals surface area contributed by atoms with E-state index in [1.54, 1.807) is 0 Å². The molecule has 0 saturated heterocycles. The minimum Gasteiger partial charge on any atom is -0.309 e. The van der Waals surface area contributed by atoms with Gasteiger partial charge in [0.25, 0.3) is 0 Å². The fraction of sp³-hybridized carbons (Fsp3) is 0.0638. The summed E-state index contributed by atoms with van der Waals surface area (Å²) in [5.41, 5.74) is 7.33. The maximum Gasteiger partial charge on any atom is 0.171 e. The third kappa shape index (κ3) is 4.41. The Balaban J connectivity index is 1.36. The minimum absolute atomic E-state index is 0.160. The molecule has 0 bridgehead atoms. The molecule has 2 unspecified atom stereocenters. The highest BCUT2D eigenvalue weighted by Gasteiger charge is 2.41. The molecule has 3 aliphatic carbocycles. The lowest BCUT2D eigenvalue weighted by atomic mass is 9.61. The zero-order chi connectivity index (χ0) is 34.2. The van der Waals surface area contributed by atoms with Crippen molar-refractivity contribution in [1.29, 1.82) is 0 Å². The van der Waals surface area contributed by atoms with Gasteiger partial charge in [-0.1, -0.05) is 159 Å². The van der Waals surface area contributed by atoms with Crippen molar-refractivity contribution in [2.24, 2.45) is 11.3 Å². The van der Waals surface area contributed by atoms with Crippen LogP contribution in [0, 0.1) is 11.3 Å². The van der Waals surface area contributed by atoms with Gasteiger partial charge in [0.05, 0.1) is 11.0 Å². The van der Waals surface area contributed by atoms with Crippen molar-refractivity contribution < 1.29 is 4.57 Å². The maximum atomic E-state index is 16.3. The molecule has 51 heavy (non-hydrogen) atoms. The molecule has 2 atom stereocenters. The van der Waals surface area contributed by atoms with Gasteiger partial charge in [-0.3, -0.25) is 0 Å². The minimum atomic E-state index is -3.39. The van der Waals surface area contributed by atoms with Gasteiger partial charge in [-0.25, -0.2) is 9.97 Å². The van der Waals surface area contributed by atoms with Gasteiger partial charge >= 0.3 is 0 Å². The Bertz CT molecular complexity index is 2710. The van der Waals surface area contributed by atoms with E-state index in [0.717, 1.165) is 65.2 Å². The highest BCUT2D eigenvalue weighted by Crippen LogP contribution is 2.54. The molecule has 0 fully saturated rings. The summed E-state index contributed by atoms with van der Waals surface area (Å²) in [6, 6.07) is 41.0. The number of benzene rings is 6. The molecular formula is C47H33N2OP. The number of hydrogen-bond donors (Lipinski definition) is 0. The van der Waals surface area contributed by atoms with Gasteiger partial charge in [-0.15, -0.1) is 0 Å². The van der Waals surface area contributed by atoms with Crippen LogP contribution in [0.2, 0.25) is 0 Å². The summed E-state index contributed by atoms with van der Waals surface area (Å²) < 4.78 is 16.3. The van der Waals surface area contributed by atoms with Crippen LogP contribution in [0.5, 0.6) is 0 Å². The zero-order valence-electron chi connectivity index (χ0n) is 28.1. The van der Waals surface area contributed by atoms with Gasteiger partial charge in [-0.2, -0.15) is 0 Å². The Morgan fingerprint density at radius 3 is 1.96 bits per heavy atom. The summed E-state index contributed by atoms with van der Waals surface area (Å²) in [7, 11) is -3.39. The fourth-order valence-corrected chi connectivity index (χ4v) is 11.4. The molecule has 0 spiro atoms. The van der Waals surface area contributed by atoms with Gasteiger partial charge in [-0.05, 0) is 57.3 Å². The summed E-state index contributed by atoms with van der Waals surface area (Å²) >= 11 is 0. The second-order valence-electron chi connectivity index (χ2n) is 13.8. The van der Waals surface area contributed by atoms with E-state index < -0.39 is 7.14 Å². The van der Waals surface area contributed by atoms with Crippen LogP contribution in [0.25, 0.3) is 49.5 Å². The van der Waals surface area contributed by atoms with Crippen LogP contribution in [-0.2, 0) is 4.57 Å². The van der Waals surface area contributed by atoms with E-state index in [4.69, 9.17) is 9.97 Å². The Labute approximate surface area is 297 Å². The first-order valence-electron chi connectivity index (χ1n) is 17.5. The van der Waals surface area contributed by atoms with Gasteiger partial charge in [0.15, 0.2) is 13.0 Å². The second-order valence-corrected chi connectivity index (χ2v) is 16.6. The zero-order valence-corrected chi connectivity index (χ0v) is 29.0. The molecule has 1 heterocycles. The first-order chi connectivity index (χ1) is 25.0. The monoisotopic (exact) mass is 672 g/mol. The lowest BCUT2D eigenvalue weighted by molar-refractivity contribution is 0.422. The summed E-state index contributed by atoms with van der Waals surface area (Å²) in [5.74, 6) is 0.856. The van der Waals surface area contributed by atoms with Crippen molar-refractivity contribution in [3.8, 4) is 11.4 Å². The lowest BCUT2D eigenvalue weighted by Crippen LogP contribution is -2.32. The van der Waals surface area contributed by atoms with Crippen LogP contribution in [-0.4, -0.2) is 9.97 Å². The van der Waals surface area contributed by atoms with Crippen LogP contribution >= 0.6 is 7.14 Å². The first-order valence-corrected chi connectivity index (χ1v) is 19.2. The Kier molecular flexibility index (Phi) is 6.65. The van der Waals surface area contributed by atoms with Crippen LogP contribution in [0.3, 0.4) is 0 Å². The SMILES string of the molecule is CC12C=CC=CC1=CC(c1cc(P(=O)(c3ccccc3)c3ccccc3)c3ccc4nc(-c5ccccc5)nc5ccc1c3c54)=C1C=CC=CC12. The van der Waals surface area contributed by atoms with E-state index in [0.29, 0.717) is 5.82 Å². The van der Waals surface area contributed by atoms with Gasteiger partial charge in [0, 0.05) is 43.6 Å². The summed E-state index contributed by atoms with van der Waals surface area (Å²) in [4.78, 5) is 10.3. The first kappa shape index (κ1) is 30.0. The molecule has 0 aliphatic heterocycles. The molecule has 4 heteroatoms. The van der Waals surface area contributed by atoms with E-state index in [2.05, 4.69) is 104 Å².